The number of carbonyl (C=O) groups excluding carboxylic acids is 2. The van der Waals surface area contributed by atoms with E-state index in [1.165, 1.54) is 4.90 Å². The summed E-state index contributed by atoms with van der Waals surface area (Å²) in [6, 6.07) is 10.7. The number of halogens is 1. The van der Waals surface area contributed by atoms with Crippen molar-refractivity contribution in [2.24, 2.45) is 0 Å². The minimum atomic E-state index is -0.618. The number of rotatable bonds is 3. The molecule has 0 saturated carbocycles. The summed E-state index contributed by atoms with van der Waals surface area (Å²) in [6.45, 7) is 5.51. The number of carbonyl (C=O) groups is 2. The fourth-order valence-corrected chi connectivity index (χ4v) is 3.35. The number of nitriles is 1. The molecule has 3 rings (SSSR count). The fourth-order valence-electron chi connectivity index (χ4n) is 3.01. The molecule has 0 fully saturated rings. The van der Waals surface area contributed by atoms with Crippen LogP contribution in [0.15, 0.2) is 41.0 Å². The van der Waals surface area contributed by atoms with E-state index < -0.39 is 11.7 Å². The standard InChI is InChI=1S/C20H20BrN5O2/c1-20(2,3)25-16(27)11-26-18(13-6-4-5-12(7-13)9-22)24-17-15(19(26)28)8-14(21)10-23-17/h4-8,10,18H,11H2,1-3H3,(H,23,24)(H,25,27). The highest BCUT2D eigenvalue weighted by Gasteiger charge is 2.35. The first-order valence-electron chi connectivity index (χ1n) is 8.72. The highest BCUT2D eigenvalue weighted by molar-refractivity contribution is 9.10. The van der Waals surface area contributed by atoms with E-state index in [0.29, 0.717) is 27.0 Å². The lowest BCUT2D eigenvalue weighted by atomic mass is 10.0. The number of hydrogen-bond acceptors (Lipinski definition) is 5. The van der Waals surface area contributed by atoms with Crippen LogP contribution in [0.2, 0.25) is 0 Å². The van der Waals surface area contributed by atoms with Gasteiger partial charge in [0.2, 0.25) is 5.91 Å². The predicted octanol–water partition coefficient (Wildman–Crippen LogP) is 3.20. The summed E-state index contributed by atoms with van der Waals surface area (Å²) < 4.78 is 0.672. The Morgan fingerprint density at radius 2 is 2.14 bits per heavy atom. The highest BCUT2D eigenvalue weighted by atomic mass is 79.9. The van der Waals surface area contributed by atoms with E-state index in [1.54, 1.807) is 30.5 Å². The van der Waals surface area contributed by atoms with Crippen molar-refractivity contribution in [3.05, 3.63) is 57.7 Å². The molecular formula is C20H20BrN5O2. The molecule has 0 bridgehead atoms. The van der Waals surface area contributed by atoms with Crippen LogP contribution in [0.1, 0.15) is 48.4 Å². The van der Waals surface area contributed by atoms with Gasteiger partial charge in [0.05, 0.1) is 17.2 Å². The SMILES string of the molecule is CC(C)(C)NC(=O)CN1C(=O)c2cc(Br)cnc2NC1c1cccc(C#N)c1. The molecule has 1 aliphatic heterocycles. The van der Waals surface area contributed by atoms with Crippen LogP contribution in [0.5, 0.6) is 0 Å². The molecule has 2 aromatic rings. The molecule has 1 aromatic heterocycles. The second-order valence-electron chi connectivity index (χ2n) is 7.57. The quantitative estimate of drug-likeness (QED) is 0.761. The van der Waals surface area contributed by atoms with Crippen molar-refractivity contribution >= 4 is 33.6 Å². The van der Waals surface area contributed by atoms with E-state index in [1.807, 2.05) is 26.8 Å². The number of aromatic nitrogens is 1. The van der Waals surface area contributed by atoms with E-state index in [2.05, 4.69) is 37.6 Å². The van der Waals surface area contributed by atoms with Crippen LogP contribution in [0, 0.1) is 11.3 Å². The zero-order valence-electron chi connectivity index (χ0n) is 15.8. The molecule has 0 saturated heterocycles. The number of nitrogens with zero attached hydrogens (tertiary/aromatic N) is 3. The van der Waals surface area contributed by atoms with E-state index in [4.69, 9.17) is 0 Å². The van der Waals surface area contributed by atoms with Crippen molar-refractivity contribution in [1.82, 2.24) is 15.2 Å². The summed E-state index contributed by atoms with van der Waals surface area (Å²) in [5, 5.41) is 15.3. The average Bonchev–Trinajstić information content (AvgIpc) is 2.63. The molecule has 0 aliphatic carbocycles. The first-order chi connectivity index (χ1) is 13.2. The lowest BCUT2D eigenvalue weighted by Crippen LogP contribution is -2.51. The van der Waals surface area contributed by atoms with Gasteiger partial charge in [0.1, 0.15) is 18.5 Å². The summed E-state index contributed by atoms with van der Waals surface area (Å²) in [7, 11) is 0. The van der Waals surface area contributed by atoms with Gasteiger partial charge in [0.15, 0.2) is 0 Å². The second-order valence-corrected chi connectivity index (χ2v) is 8.48. The van der Waals surface area contributed by atoms with Crippen LogP contribution >= 0.6 is 15.9 Å². The Bertz CT molecular complexity index is 977. The molecule has 0 radical (unpaired) electrons. The third-order valence-electron chi connectivity index (χ3n) is 4.09. The van der Waals surface area contributed by atoms with Crippen molar-refractivity contribution in [1.29, 1.82) is 5.26 Å². The third kappa shape index (κ3) is 4.31. The summed E-state index contributed by atoms with van der Waals surface area (Å²) in [6.07, 6.45) is 0.983. The first-order valence-corrected chi connectivity index (χ1v) is 9.51. The number of benzene rings is 1. The molecule has 2 amide bonds. The van der Waals surface area contributed by atoms with Crippen LogP contribution in [-0.4, -0.2) is 33.8 Å². The summed E-state index contributed by atoms with van der Waals surface area (Å²) >= 11 is 3.33. The molecule has 28 heavy (non-hydrogen) atoms. The molecule has 0 spiro atoms. The van der Waals surface area contributed by atoms with Crippen LogP contribution in [0.4, 0.5) is 5.82 Å². The van der Waals surface area contributed by atoms with Gasteiger partial charge in [-0.15, -0.1) is 0 Å². The molecule has 144 valence electrons. The second kappa shape index (κ2) is 7.60. The Balaban J connectivity index is 2.01. The maximum atomic E-state index is 13.2. The van der Waals surface area contributed by atoms with Crippen LogP contribution in [0.25, 0.3) is 0 Å². The van der Waals surface area contributed by atoms with Crippen molar-refractivity contribution in [2.75, 3.05) is 11.9 Å². The van der Waals surface area contributed by atoms with Crippen LogP contribution in [-0.2, 0) is 4.79 Å². The fraction of sp³-hybridized carbons (Fsp3) is 0.300. The molecule has 2 heterocycles. The number of fused-ring (bicyclic) bond motifs is 1. The smallest absolute Gasteiger partial charge is 0.260 e. The maximum absolute atomic E-state index is 13.2. The first kappa shape index (κ1) is 19.8. The van der Waals surface area contributed by atoms with Gasteiger partial charge in [-0.25, -0.2) is 4.98 Å². The molecule has 8 heteroatoms. The maximum Gasteiger partial charge on any atom is 0.260 e. The molecule has 2 N–H and O–H groups in total. The summed E-state index contributed by atoms with van der Waals surface area (Å²) in [5.41, 5.74) is 1.14. The van der Waals surface area contributed by atoms with E-state index >= 15 is 0 Å². The lowest BCUT2D eigenvalue weighted by Gasteiger charge is -2.37. The Hall–Kier alpha value is -2.92. The van der Waals surface area contributed by atoms with Gasteiger partial charge in [-0.05, 0) is 60.5 Å². The van der Waals surface area contributed by atoms with Crippen LogP contribution < -0.4 is 10.6 Å². The Morgan fingerprint density at radius 1 is 1.39 bits per heavy atom. The average molecular weight is 442 g/mol. The Kier molecular flexibility index (Phi) is 5.38. The summed E-state index contributed by atoms with van der Waals surface area (Å²) in [5.74, 6) is -0.137. The number of anilines is 1. The number of hydrogen-bond donors (Lipinski definition) is 2. The van der Waals surface area contributed by atoms with Gasteiger partial charge in [0, 0.05) is 16.2 Å². The number of nitrogens with one attached hydrogen (secondary N) is 2. The zero-order valence-corrected chi connectivity index (χ0v) is 17.4. The van der Waals surface area contributed by atoms with Crippen LogP contribution in [0.3, 0.4) is 0 Å². The van der Waals surface area contributed by atoms with Gasteiger partial charge in [-0.3, -0.25) is 9.59 Å². The van der Waals surface area contributed by atoms with Crippen molar-refractivity contribution in [3.8, 4) is 6.07 Å². The van der Waals surface area contributed by atoms with Gasteiger partial charge < -0.3 is 15.5 Å². The normalized spacial score (nSPS) is 16.0. The molecule has 7 nitrogen and oxygen atoms in total. The van der Waals surface area contributed by atoms with E-state index in [-0.39, 0.29) is 18.4 Å². The van der Waals surface area contributed by atoms with Gasteiger partial charge in [0.25, 0.3) is 5.91 Å². The van der Waals surface area contributed by atoms with Gasteiger partial charge in [-0.1, -0.05) is 12.1 Å². The zero-order chi connectivity index (χ0) is 20.5. The monoisotopic (exact) mass is 441 g/mol. The highest BCUT2D eigenvalue weighted by Crippen LogP contribution is 2.33. The number of pyridine rings is 1. The molecular weight excluding hydrogens is 422 g/mol. The van der Waals surface area contributed by atoms with Crippen molar-refractivity contribution < 1.29 is 9.59 Å². The van der Waals surface area contributed by atoms with E-state index in [9.17, 15) is 14.9 Å². The van der Waals surface area contributed by atoms with E-state index in [0.717, 1.165) is 0 Å². The Labute approximate surface area is 171 Å². The lowest BCUT2D eigenvalue weighted by molar-refractivity contribution is -0.123. The molecule has 1 aliphatic rings. The molecule has 1 unspecified atom stereocenters. The summed E-state index contributed by atoms with van der Waals surface area (Å²) in [4.78, 5) is 31.5. The van der Waals surface area contributed by atoms with Gasteiger partial charge in [-0.2, -0.15) is 5.26 Å². The molecule has 1 aromatic carbocycles. The van der Waals surface area contributed by atoms with Crippen molar-refractivity contribution in [3.63, 3.8) is 0 Å². The Morgan fingerprint density at radius 3 is 2.82 bits per heavy atom. The van der Waals surface area contributed by atoms with Gasteiger partial charge >= 0.3 is 0 Å². The minimum absolute atomic E-state index is 0.128. The number of amides is 2. The largest absolute Gasteiger partial charge is 0.350 e. The molecule has 1 atom stereocenters. The van der Waals surface area contributed by atoms with Crippen molar-refractivity contribution in [2.45, 2.75) is 32.5 Å². The predicted molar refractivity (Wildman–Crippen MR) is 108 cm³/mol. The third-order valence-corrected chi connectivity index (χ3v) is 4.52. The minimum Gasteiger partial charge on any atom is -0.350 e. The topological polar surface area (TPSA) is 98.1 Å².